The summed E-state index contributed by atoms with van der Waals surface area (Å²) < 4.78 is 30.3. The molecule has 28 heavy (non-hydrogen) atoms. The van der Waals surface area contributed by atoms with Gasteiger partial charge in [0.05, 0.1) is 28.5 Å². The summed E-state index contributed by atoms with van der Waals surface area (Å²) in [5, 5.41) is 4.55. The van der Waals surface area contributed by atoms with Crippen LogP contribution >= 0.6 is 0 Å². The first-order valence-electron chi connectivity index (χ1n) is 9.40. The van der Waals surface area contributed by atoms with E-state index >= 15 is 0 Å². The van der Waals surface area contributed by atoms with Crippen molar-refractivity contribution in [3.05, 3.63) is 76.6 Å². The van der Waals surface area contributed by atoms with E-state index in [2.05, 4.69) is 42.7 Å². The standard InChI is InChI=1S/C22H27N3O2S/c1-15(2)19-10-12-21(13-11-19)28(26,27)24-22-17(4)23-25(18(22)5)14-20-9-7-6-8-16(20)3/h6-13,15,24H,14H2,1-5H3. The van der Waals surface area contributed by atoms with Crippen LogP contribution in [0.15, 0.2) is 53.4 Å². The van der Waals surface area contributed by atoms with E-state index in [0.717, 1.165) is 16.8 Å². The molecule has 2 aromatic carbocycles. The first-order chi connectivity index (χ1) is 13.2. The number of aromatic nitrogens is 2. The Morgan fingerprint density at radius 1 is 1.00 bits per heavy atom. The smallest absolute Gasteiger partial charge is 0.262 e. The van der Waals surface area contributed by atoms with Gasteiger partial charge in [0.25, 0.3) is 10.0 Å². The monoisotopic (exact) mass is 397 g/mol. The maximum Gasteiger partial charge on any atom is 0.262 e. The van der Waals surface area contributed by atoms with Crippen molar-refractivity contribution >= 4 is 15.7 Å². The molecule has 0 saturated heterocycles. The molecule has 0 radical (unpaired) electrons. The van der Waals surface area contributed by atoms with Gasteiger partial charge in [0.1, 0.15) is 0 Å². The van der Waals surface area contributed by atoms with Gasteiger partial charge in [-0.25, -0.2) is 8.42 Å². The van der Waals surface area contributed by atoms with Crippen molar-refractivity contribution < 1.29 is 8.42 Å². The van der Waals surface area contributed by atoms with Gasteiger partial charge in [0.15, 0.2) is 0 Å². The van der Waals surface area contributed by atoms with Gasteiger partial charge in [-0.3, -0.25) is 9.40 Å². The zero-order chi connectivity index (χ0) is 20.5. The predicted octanol–water partition coefficient (Wildman–Crippen LogP) is 4.78. The number of rotatable bonds is 6. The van der Waals surface area contributed by atoms with Gasteiger partial charge in [-0.05, 0) is 55.5 Å². The van der Waals surface area contributed by atoms with Crippen molar-refractivity contribution in [1.29, 1.82) is 0 Å². The topological polar surface area (TPSA) is 64.0 Å². The van der Waals surface area contributed by atoms with Crippen molar-refractivity contribution in [3.8, 4) is 0 Å². The number of aryl methyl sites for hydroxylation is 2. The van der Waals surface area contributed by atoms with Crippen LogP contribution in [-0.2, 0) is 16.6 Å². The molecule has 3 rings (SSSR count). The Hall–Kier alpha value is -2.60. The maximum absolute atomic E-state index is 12.9. The lowest BCUT2D eigenvalue weighted by Crippen LogP contribution is -2.14. The molecule has 1 N–H and O–H groups in total. The Balaban J connectivity index is 1.88. The van der Waals surface area contributed by atoms with Gasteiger partial charge in [0, 0.05) is 0 Å². The third-order valence-corrected chi connectivity index (χ3v) is 6.42. The van der Waals surface area contributed by atoms with Crippen LogP contribution in [0.4, 0.5) is 5.69 Å². The highest BCUT2D eigenvalue weighted by molar-refractivity contribution is 7.92. The molecule has 0 aliphatic heterocycles. The van der Waals surface area contributed by atoms with E-state index in [-0.39, 0.29) is 4.90 Å². The Morgan fingerprint density at radius 2 is 1.64 bits per heavy atom. The molecule has 0 saturated carbocycles. The molecule has 0 aliphatic rings. The zero-order valence-electron chi connectivity index (χ0n) is 17.0. The van der Waals surface area contributed by atoms with E-state index in [1.54, 1.807) is 12.1 Å². The molecule has 148 valence electrons. The normalized spacial score (nSPS) is 11.8. The third kappa shape index (κ3) is 4.12. The van der Waals surface area contributed by atoms with Crippen LogP contribution in [0.25, 0.3) is 0 Å². The van der Waals surface area contributed by atoms with E-state index in [0.29, 0.717) is 23.8 Å². The van der Waals surface area contributed by atoms with E-state index in [9.17, 15) is 8.42 Å². The van der Waals surface area contributed by atoms with Crippen LogP contribution in [0.5, 0.6) is 0 Å². The largest absolute Gasteiger partial charge is 0.276 e. The molecule has 6 heteroatoms. The van der Waals surface area contributed by atoms with Crippen LogP contribution in [0.1, 0.15) is 47.8 Å². The molecule has 0 bridgehead atoms. The SMILES string of the molecule is Cc1ccccc1Cn1nc(C)c(NS(=O)(=O)c2ccc(C(C)C)cc2)c1C. The lowest BCUT2D eigenvalue weighted by molar-refractivity contribution is 0.601. The summed E-state index contributed by atoms with van der Waals surface area (Å²) in [6.07, 6.45) is 0. The fraction of sp³-hybridized carbons (Fsp3) is 0.318. The van der Waals surface area contributed by atoms with Crippen LogP contribution in [0.3, 0.4) is 0 Å². The molecule has 5 nitrogen and oxygen atoms in total. The first-order valence-corrected chi connectivity index (χ1v) is 10.9. The Bertz CT molecular complexity index is 1080. The van der Waals surface area contributed by atoms with Crippen molar-refractivity contribution in [3.63, 3.8) is 0 Å². The minimum absolute atomic E-state index is 0.252. The predicted molar refractivity (Wildman–Crippen MR) is 113 cm³/mol. The Labute approximate surface area is 167 Å². The highest BCUT2D eigenvalue weighted by Gasteiger charge is 2.20. The van der Waals surface area contributed by atoms with E-state index in [4.69, 9.17) is 0 Å². The first kappa shape index (κ1) is 20.1. The Morgan fingerprint density at radius 3 is 2.25 bits per heavy atom. The molecule has 0 atom stereocenters. The molecule has 0 amide bonds. The number of hydrogen-bond acceptors (Lipinski definition) is 3. The highest BCUT2D eigenvalue weighted by atomic mass is 32.2. The molecule has 3 aromatic rings. The molecule has 1 heterocycles. The zero-order valence-corrected chi connectivity index (χ0v) is 17.8. The summed E-state index contributed by atoms with van der Waals surface area (Å²) in [5.74, 6) is 0.355. The number of hydrogen-bond donors (Lipinski definition) is 1. The molecular weight excluding hydrogens is 370 g/mol. The summed E-state index contributed by atoms with van der Waals surface area (Å²) in [5.41, 5.74) is 5.45. The summed E-state index contributed by atoms with van der Waals surface area (Å²) >= 11 is 0. The van der Waals surface area contributed by atoms with Gasteiger partial charge in [0.2, 0.25) is 0 Å². The van der Waals surface area contributed by atoms with Crippen LogP contribution in [0.2, 0.25) is 0 Å². The van der Waals surface area contributed by atoms with Gasteiger partial charge < -0.3 is 0 Å². The minimum Gasteiger partial charge on any atom is -0.276 e. The molecule has 0 aliphatic carbocycles. The second kappa shape index (κ2) is 7.80. The second-order valence-electron chi connectivity index (χ2n) is 7.46. The summed E-state index contributed by atoms with van der Waals surface area (Å²) in [6, 6.07) is 15.2. The number of sulfonamides is 1. The van der Waals surface area contributed by atoms with Crippen molar-refractivity contribution in [2.75, 3.05) is 4.72 Å². The van der Waals surface area contributed by atoms with Gasteiger partial charge in [-0.1, -0.05) is 50.2 Å². The quantitative estimate of drug-likeness (QED) is 0.651. The van der Waals surface area contributed by atoms with Gasteiger partial charge >= 0.3 is 0 Å². The molecular formula is C22H27N3O2S. The fourth-order valence-corrected chi connectivity index (χ4v) is 4.35. The summed E-state index contributed by atoms with van der Waals surface area (Å²) in [7, 11) is -3.67. The number of benzene rings is 2. The average Bonchev–Trinajstić information content (AvgIpc) is 2.91. The number of nitrogens with zero attached hydrogens (tertiary/aromatic N) is 2. The highest BCUT2D eigenvalue weighted by Crippen LogP contribution is 2.25. The van der Waals surface area contributed by atoms with E-state index in [1.165, 1.54) is 5.56 Å². The fourth-order valence-electron chi connectivity index (χ4n) is 3.17. The Kier molecular flexibility index (Phi) is 5.61. The van der Waals surface area contributed by atoms with Crippen molar-refractivity contribution in [1.82, 2.24) is 9.78 Å². The van der Waals surface area contributed by atoms with Crippen LogP contribution < -0.4 is 4.72 Å². The van der Waals surface area contributed by atoms with E-state index in [1.807, 2.05) is 42.8 Å². The van der Waals surface area contributed by atoms with E-state index < -0.39 is 10.0 Å². The van der Waals surface area contributed by atoms with Gasteiger partial charge in [-0.15, -0.1) is 0 Å². The maximum atomic E-state index is 12.9. The number of nitrogens with one attached hydrogen (secondary N) is 1. The number of anilines is 1. The molecule has 0 spiro atoms. The minimum atomic E-state index is -3.67. The van der Waals surface area contributed by atoms with Crippen LogP contribution in [-0.4, -0.2) is 18.2 Å². The lowest BCUT2D eigenvalue weighted by Gasteiger charge is -2.11. The second-order valence-corrected chi connectivity index (χ2v) is 9.14. The third-order valence-electron chi connectivity index (χ3n) is 5.06. The summed E-state index contributed by atoms with van der Waals surface area (Å²) in [4.78, 5) is 0.252. The van der Waals surface area contributed by atoms with Crippen molar-refractivity contribution in [2.24, 2.45) is 0 Å². The lowest BCUT2D eigenvalue weighted by atomic mass is 10.0. The van der Waals surface area contributed by atoms with Crippen LogP contribution in [0, 0.1) is 20.8 Å². The summed E-state index contributed by atoms with van der Waals surface area (Å²) in [6.45, 7) is 10.5. The molecule has 1 aromatic heterocycles. The van der Waals surface area contributed by atoms with Gasteiger partial charge in [-0.2, -0.15) is 5.10 Å². The molecule has 0 fully saturated rings. The average molecular weight is 398 g/mol. The van der Waals surface area contributed by atoms with Crippen molar-refractivity contribution in [2.45, 2.75) is 52.0 Å². The molecule has 0 unspecified atom stereocenters.